The molecule has 0 aromatic carbocycles. The Kier molecular flexibility index (Phi) is 7.70. The van der Waals surface area contributed by atoms with Crippen molar-refractivity contribution >= 4 is 17.3 Å². The molecule has 1 saturated heterocycles. The van der Waals surface area contributed by atoms with E-state index in [2.05, 4.69) is 39.6 Å². The molecule has 2 heterocycles. The molecule has 22 heavy (non-hydrogen) atoms. The van der Waals surface area contributed by atoms with Crippen LogP contribution >= 0.6 is 11.3 Å². The van der Waals surface area contributed by atoms with Crippen LogP contribution in [0.5, 0.6) is 0 Å². The lowest BCUT2D eigenvalue weighted by Gasteiger charge is -2.26. The highest BCUT2D eigenvalue weighted by Gasteiger charge is 2.09. The second-order valence-corrected chi connectivity index (χ2v) is 6.90. The Hall–Kier alpha value is -1.11. The van der Waals surface area contributed by atoms with Crippen molar-refractivity contribution in [2.75, 3.05) is 46.4 Å². The first-order valence-corrected chi connectivity index (χ1v) is 8.89. The Morgan fingerprint density at radius 3 is 2.77 bits per heavy atom. The zero-order valence-corrected chi connectivity index (χ0v) is 14.5. The molecule has 0 unspecified atom stereocenters. The molecule has 0 radical (unpaired) electrons. The topological polar surface area (TPSA) is 48.9 Å². The van der Waals surface area contributed by atoms with Crippen molar-refractivity contribution in [3.05, 3.63) is 21.9 Å². The predicted molar refractivity (Wildman–Crippen MR) is 93.8 cm³/mol. The highest BCUT2D eigenvalue weighted by atomic mass is 32.1. The Morgan fingerprint density at radius 2 is 2.09 bits per heavy atom. The number of guanidine groups is 1. The van der Waals surface area contributed by atoms with Gasteiger partial charge in [0.05, 0.1) is 19.8 Å². The van der Waals surface area contributed by atoms with E-state index in [0.717, 1.165) is 51.8 Å². The van der Waals surface area contributed by atoms with Gasteiger partial charge in [-0.1, -0.05) is 0 Å². The minimum Gasteiger partial charge on any atom is -0.379 e. The van der Waals surface area contributed by atoms with Gasteiger partial charge in [0.2, 0.25) is 0 Å². The number of morpholine rings is 1. The molecule has 0 bridgehead atoms. The molecule has 0 amide bonds. The smallest absolute Gasteiger partial charge is 0.191 e. The molecule has 2 rings (SSSR count). The Morgan fingerprint density at radius 1 is 1.27 bits per heavy atom. The van der Waals surface area contributed by atoms with Gasteiger partial charge in [-0.3, -0.25) is 9.89 Å². The van der Waals surface area contributed by atoms with Crippen molar-refractivity contribution in [1.29, 1.82) is 0 Å². The highest BCUT2D eigenvalue weighted by Crippen LogP contribution is 2.14. The van der Waals surface area contributed by atoms with Gasteiger partial charge in [0.25, 0.3) is 0 Å². The van der Waals surface area contributed by atoms with Crippen molar-refractivity contribution in [1.82, 2.24) is 15.5 Å². The van der Waals surface area contributed by atoms with Crippen LogP contribution in [0.2, 0.25) is 0 Å². The summed E-state index contributed by atoms with van der Waals surface area (Å²) in [7, 11) is 1.82. The van der Waals surface area contributed by atoms with Gasteiger partial charge in [0.1, 0.15) is 0 Å². The monoisotopic (exact) mass is 324 g/mol. The van der Waals surface area contributed by atoms with E-state index in [-0.39, 0.29) is 0 Å². The van der Waals surface area contributed by atoms with Crippen LogP contribution in [0.25, 0.3) is 0 Å². The fraction of sp³-hybridized carbons (Fsp3) is 0.688. The summed E-state index contributed by atoms with van der Waals surface area (Å²) in [4.78, 5) is 9.44. The summed E-state index contributed by atoms with van der Waals surface area (Å²) in [6.45, 7) is 9.04. The number of aryl methyl sites for hydroxylation is 1. The molecule has 0 saturated carbocycles. The number of nitrogens with zero attached hydrogens (tertiary/aromatic N) is 2. The van der Waals surface area contributed by atoms with Gasteiger partial charge in [-0.25, -0.2) is 0 Å². The maximum Gasteiger partial charge on any atom is 0.191 e. The van der Waals surface area contributed by atoms with Gasteiger partial charge in [0, 0.05) is 36.4 Å². The summed E-state index contributed by atoms with van der Waals surface area (Å²) in [6, 6.07) is 4.33. The number of unbranched alkanes of at least 4 members (excludes halogenated alkanes) is 1. The van der Waals surface area contributed by atoms with Gasteiger partial charge in [-0.2, -0.15) is 0 Å². The van der Waals surface area contributed by atoms with E-state index in [0.29, 0.717) is 0 Å². The molecule has 1 aromatic heterocycles. The second-order valence-electron chi connectivity index (χ2n) is 5.53. The summed E-state index contributed by atoms with van der Waals surface area (Å²) in [6.07, 6.45) is 2.38. The third-order valence-electron chi connectivity index (χ3n) is 3.75. The summed E-state index contributed by atoms with van der Waals surface area (Å²) in [5.74, 6) is 0.887. The van der Waals surface area contributed by atoms with Gasteiger partial charge < -0.3 is 15.4 Å². The standard InChI is InChI=1S/C16H28N4OS/c1-14-5-6-15(22-14)13-19-16(17-2)18-7-3-4-8-20-9-11-21-12-10-20/h5-6H,3-4,7-13H2,1-2H3,(H2,17,18,19). The van der Waals surface area contributed by atoms with E-state index >= 15 is 0 Å². The van der Waals surface area contributed by atoms with Crippen LogP contribution in [0.3, 0.4) is 0 Å². The van der Waals surface area contributed by atoms with E-state index < -0.39 is 0 Å². The lowest BCUT2D eigenvalue weighted by atomic mass is 10.3. The molecule has 0 atom stereocenters. The van der Waals surface area contributed by atoms with Gasteiger partial charge >= 0.3 is 0 Å². The molecule has 1 aliphatic heterocycles. The molecule has 1 fully saturated rings. The fourth-order valence-corrected chi connectivity index (χ4v) is 3.29. The van der Waals surface area contributed by atoms with E-state index in [4.69, 9.17) is 4.74 Å². The maximum absolute atomic E-state index is 5.36. The van der Waals surface area contributed by atoms with E-state index in [9.17, 15) is 0 Å². The number of nitrogens with one attached hydrogen (secondary N) is 2. The van der Waals surface area contributed by atoms with Crippen molar-refractivity contribution in [3.63, 3.8) is 0 Å². The molecule has 1 aliphatic rings. The molecular weight excluding hydrogens is 296 g/mol. The zero-order chi connectivity index (χ0) is 15.6. The van der Waals surface area contributed by atoms with E-state index in [1.807, 2.05) is 18.4 Å². The number of hydrogen-bond donors (Lipinski definition) is 2. The zero-order valence-electron chi connectivity index (χ0n) is 13.7. The minimum absolute atomic E-state index is 0.839. The molecule has 124 valence electrons. The SMILES string of the molecule is CN=C(NCCCCN1CCOCC1)NCc1ccc(C)s1. The van der Waals surface area contributed by atoms with Crippen molar-refractivity contribution < 1.29 is 4.74 Å². The van der Waals surface area contributed by atoms with Crippen molar-refractivity contribution in [3.8, 4) is 0 Å². The van der Waals surface area contributed by atoms with E-state index in [1.54, 1.807) is 0 Å². The summed E-state index contributed by atoms with van der Waals surface area (Å²) < 4.78 is 5.36. The summed E-state index contributed by atoms with van der Waals surface area (Å²) >= 11 is 1.83. The number of aliphatic imine (C=N–C) groups is 1. The third-order valence-corrected chi connectivity index (χ3v) is 4.75. The number of hydrogen-bond acceptors (Lipinski definition) is 4. The van der Waals surface area contributed by atoms with Crippen LogP contribution in [0.4, 0.5) is 0 Å². The Bertz CT molecular complexity index is 455. The van der Waals surface area contributed by atoms with Gasteiger partial charge in [-0.15, -0.1) is 11.3 Å². The largest absolute Gasteiger partial charge is 0.379 e. The van der Waals surface area contributed by atoms with Crippen LogP contribution < -0.4 is 10.6 Å². The van der Waals surface area contributed by atoms with Crippen LogP contribution in [0.1, 0.15) is 22.6 Å². The minimum atomic E-state index is 0.839. The van der Waals surface area contributed by atoms with Crippen LogP contribution in [0.15, 0.2) is 17.1 Å². The second kappa shape index (κ2) is 9.82. The maximum atomic E-state index is 5.36. The van der Waals surface area contributed by atoms with Crippen LogP contribution in [0, 0.1) is 6.92 Å². The quantitative estimate of drug-likeness (QED) is 0.456. The lowest BCUT2D eigenvalue weighted by Crippen LogP contribution is -2.38. The molecule has 1 aromatic rings. The van der Waals surface area contributed by atoms with Crippen LogP contribution in [-0.4, -0.2) is 57.3 Å². The molecule has 5 nitrogen and oxygen atoms in total. The Balaban J connectivity index is 1.54. The van der Waals surface area contributed by atoms with Crippen LogP contribution in [-0.2, 0) is 11.3 Å². The molecular formula is C16H28N4OS. The van der Waals surface area contributed by atoms with Gasteiger partial charge in [0.15, 0.2) is 5.96 Å². The van der Waals surface area contributed by atoms with Crippen molar-refractivity contribution in [2.45, 2.75) is 26.3 Å². The first kappa shape index (κ1) is 17.2. The van der Waals surface area contributed by atoms with Crippen molar-refractivity contribution in [2.24, 2.45) is 4.99 Å². The molecule has 0 aliphatic carbocycles. The Labute approximate surface area is 137 Å². The molecule has 6 heteroatoms. The molecule has 2 N–H and O–H groups in total. The number of thiophene rings is 1. The fourth-order valence-electron chi connectivity index (χ4n) is 2.46. The normalized spacial score (nSPS) is 16.7. The van der Waals surface area contributed by atoms with Gasteiger partial charge in [-0.05, 0) is 38.4 Å². The third kappa shape index (κ3) is 6.34. The number of rotatable bonds is 7. The average Bonchev–Trinajstić information content (AvgIpc) is 2.96. The summed E-state index contributed by atoms with van der Waals surface area (Å²) in [5, 5.41) is 6.75. The van der Waals surface area contributed by atoms with E-state index in [1.165, 1.54) is 22.7 Å². The average molecular weight is 324 g/mol. The summed E-state index contributed by atoms with van der Waals surface area (Å²) in [5.41, 5.74) is 0. The predicted octanol–water partition coefficient (Wildman–Crippen LogP) is 1.83. The highest BCUT2D eigenvalue weighted by molar-refractivity contribution is 7.11. The molecule has 0 spiro atoms. The number of ether oxygens (including phenoxy) is 1. The first-order valence-electron chi connectivity index (χ1n) is 8.08. The lowest BCUT2D eigenvalue weighted by molar-refractivity contribution is 0.0372. The first-order chi connectivity index (χ1) is 10.8.